The lowest BCUT2D eigenvalue weighted by Gasteiger charge is -2.35. The van der Waals surface area contributed by atoms with Crippen LogP contribution in [0.2, 0.25) is 0 Å². The second kappa shape index (κ2) is 14.5. The van der Waals surface area contributed by atoms with E-state index in [2.05, 4.69) is 21.9 Å². The van der Waals surface area contributed by atoms with Gasteiger partial charge in [0.15, 0.2) is 0 Å². The van der Waals surface area contributed by atoms with Crippen LogP contribution < -0.4 is 15.4 Å². The maximum Gasteiger partial charge on any atom is 0.405 e. The van der Waals surface area contributed by atoms with Crippen LogP contribution in [0.3, 0.4) is 0 Å². The summed E-state index contributed by atoms with van der Waals surface area (Å²) in [5.74, 6) is -2.55. The molecule has 14 heteroatoms. The van der Waals surface area contributed by atoms with Crippen LogP contribution in [0.5, 0.6) is 0 Å². The molecule has 5 rings (SSSR count). The molecule has 3 unspecified atom stereocenters. The van der Waals surface area contributed by atoms with Gasteiger partial charge in [-0.25, -0.2) is 13.2 Å². The van der Waals surface area contributed by atoms with Gasteiger partial charge < -0.3 is 20.6 Å². The summed E-state index contributed by atoms with van der Waals surface area (Å²) in [5.41, 5.74) is 0.0325. The van der Waals surface area contributed by atoms with E-state index in [1.807, 2.05) is 61.5 Å². The third-order valence-electron chi connectivity index (χ3n) is 10.2. The van der Waals surface area contributed by atoms with Gasteiger partial charge in [-0.2, -0.15) is 0 Å². The van der Waals surface area contributed by atoms with Crippen LogP contribution in [0.25, 0.3) is 11.1 Å². The second-order valence-corrected chi connectivity index (χ2v) is 18.8. The van der Waals surface area contributed by atoms with Crippen LogP contribution >= 0.6 is 0 Å². The highest BCUT2D eigenvalue weighted by Crippen LogP contribution is 2.47. The number of carbonyl (C=O) groups excluding carboxylic acids is 3. The van der Waals surface area contributed by atoms with Crippen molar-refractivity contribution >= 4 is 44.6 Å². The molecule has 1 saturated heterocycles. The lowest BCUT2D eigenvalue weighted by Crippen LogP contribution is -2.60. The summed E-state index contributed by atoms with van der Waals surface area (Å²) in [6.45, 7) is 10.7. The SMILES string of the molecule is C=CC1CC1(NC(=O)[C@@H]1C[C@](c2ccc(-c3ccccc3)cc2)(S(=O)CCCC)CN1C(=O)[C@@H](NC(=O)O)C(C)(C)C)C(=O)NS(=O)(=O)C1CC1. The van der Waals surface area contributed by atoms with Crippen molar-refractivity contribution in [3.8, 4) is 11.1 Å². The highest BCUT2D eigenvalue weighted by Gasteiger charge is 2.63. The standard InChI is InChI=1S/C37H48N4O8S2/c1-6-8-20-50(47)36(27-16-14-25(15-17-27)24-12-10-9-11-13-24)22-29(41(23-36)32(43)30(35(3,4)5)38-34(45)46)31(42)39-37(21-26(37)7-2)33(44)40-51(48,49)28-18-19-28/h7,9-17,26,28-30,38H,2,6,8,18-23H2,1,3-5H3,(H,39,42)(H,40,44)(H,45,46)/t26?,29-,30+,36-,37?,50?/m0/s1. The molecule has 0 radical (unpaired) electrons. The molecular weight excluding hydrogens is 693 g/mol. The number of carboxylic acid groups (broad SMARTS) is 1. The van der Waals surface area contributed by atoms with E-state index in [9.17, 15) is 36.9 Å². The van der Waals surface area contributed by atoms with Crippen molar-refractivity contribution < 1.29 is 36.9 Å². The van der Waals surface area contributed by atoms with E-state index in [-0.39, 0.29) is 19.4 Å². The van der Waals surface area contributed by atoms with Crippen molar-refractivity contribution in [1.82, 2.24) is 20.3 Å². The third-order valence-corrected chi connectivity index (χ3v) is 14.1. The number of unbranched alkanes of at least 4 members (excludes halogenated alkanes) is 1. The molecule has 51 heavy (non-hydrogen) atoms. The minimum absolute atomic E-state index is 0.0770. The molecule has 3 fully saturated rings. The Hall–Kier alpha value is -4.04. The van der Waals surface area contributed by atoms with Crippen molar-refractivity contribution in [2.24, 2.45) is 11.3 Å². The fourth-order valence-corrected chi connectivity index (χ4v) is 10.2. The number of benzene rings is 2. The van der Waals surface area contributed by atoms with Gasteiger partial charge in [-0.05, 0) is 54.2 Å². The maximum atomic E-state index is 14.5. The Kier molecular flexibility index (Phi) is 10.9. The Balaban J connectivity index is 1.56. The van der Waals surface area contributed by atoms with Gasteiger partial charge in [0.1, 0.15) is 17.6 Å². The van der Waals surface area contributed by atoms with Crippen molar-refractivity contribution in [3.05, 3.63) is 72.8 Å². The maximum absolute atomic E-state index is 14.5. The number of carbonyl (C=O) groups is 4. The molecule has 0 bridgehead atoms. The molecule has 276 valence electrons. The lowest BCUT2D eigenvalue weighted by atomic mass is 9.85. The smallest absolute Gasteiger partial charge is 0.405 e. The van der Waals surface area contributed by atoms with Crippen LogP contribution in [0.1, 0.15) is 71.8 Å². The zero-order valence-corrected chi connectivity index (χ0v) is 31.1. The summed E-state index contributed by atoms with van der Waals surface area (Å²) < 4.78 is 40.8. The van der Waals surface area contributed by atoms with E-state index >= 15 is 0 Å². The lowest BCUT2D eigenvalue weighted by molar-refractivity contribution is -0.142. The van der Waals surface area contributed by atoms with Gasteiger partial charge in [-0.15, -0.1) is 6.58 Å². The van der Waals surface area contributed by atoms with E-state index in [0.717, 1.165) is 17.5 Å². The molecule has 2 saturated carbocycles. The molecule has 2 aromatic carbocycles. The monoisotopic (exact) mass is 740 g/mol. The number of hydrogen-bond donors (Lipinski definition) is 4. The van der Waals surface area contributed by atoms with E-state index in [4.69, 9.17) is 0 Å². The Morgan fingerprint density at radius 2 is 1.67 bits per heavy atom. The summed E-state index contributed by atoms with van der Waals surface area (Å²) in [6, 6.07) is 14.7. The molecule has 3 aliphatic rings. The fraction of sp³-hybridized carbons (Fsp3) is 0.514. The molecule has 1 heterocycles. The molecule has 2 aromatic rings. The topological polar surface area (TPSA) is 179 Å². The Morgan fingerprint density at radius 3 is 2.20 bits per heavy atom. The molecule has 4 amide bonds. The average Bonchev–Trinajstić information content (AvgIpc) is 4.02. The first kappa shape index (κ1) is 38.2. The van der Waals surface area contributed by atoms with Crippen molar-refractivity contribution in [3.63, 3.8) is 0 Å². The van der Waals surface area contributed by atoms with Gasteiger partial charge in [0.25, 0.3) is 5.91 Å². The van der Waals surface area contributed by atoms with Gasteiger partial charge >= 0.3 is 6.09 Å². The zero-order chi connectivity index (χ0) is 37.4. The Morgan fingerprint density at radius 1 is 1.04 bits per heavy atom. The number of nitrogens with one attached hydrogen (secondary N) is 3. The third kappa shape index (κ3) is 7.91. The van der Waals surface area contributed by atoms with Gasteiger partial charge in [0, 0.05) is 29.0 Å². The van der Waals surface area contributed by atoms with Crippen LogP contribution in [0.4, 0.5) is 4.79 Å². The number of likely N-dealkylation sites (tertiary alicyclic amines) is 1. The first-order valence-electron chi connectivity index (χ1n) is 17.3. The number of amides is 4. The first-order valence-corrected chi connectivity index (χ1v) is 20.2. The van der Waals surface area contributed by atoms with Gasteiger partial charge in [-0.1, -0.05) is 94.8 Å². The number of rotatable bonds is 14. The van der Waals surface area contributed by atoms with Crippen LogP contribution in [-0.4, -0.2) is 81.6 Å². The minimum Gasteiger partial charge on any atom is -0.465 e. The van der Waals surface area contributed by atoms with Crippen LogP contribution in [0, 0.1) is 11.3 Å². The molecular formula is C37H48N4O8S2. The average molecular weight is 741 g/mol. The fourth-order valence-electron chi connectivity index (χ4n) is 6.87. The molecule has 6 atom stereocenters. The predicted molar refractivity (Wildman–Crippen MR) is 195 cm³/mol. The summed E-state index contributed by atoms with van der Waals surface area (Å²) in [4.78, 5) is 55.7. The summed E-state index contributed by atoms with van der Waals surface area (Å²) in [6.07, 6.45) is 2.36. The minimum atomic E-state index is -3.93. The molecule has 1 aliphatic heterocycles. The second-order valence-electron chi connectivity index (χ2n) is 15.0. The van der Waals surface area contributed by atoms with Gasteiger partial charge in [0.2, 0.25) is 21.8 Å². The molecule has 0 aromatic heterocycles. The largest absolute Gasteiger partial charge is 0.465 e. The van der Waals surface area contributed by atoms with Gasteiger partial charge in [-0.3, -0.25) is 23.3 Å². The summed E-state index contributed by atoms with van der Waals surface area (Å²) in [7, 11) is -5.53. The highest BCUT2D eigenvalue weighted by molar-refractivity contribution is 7.91. The Bertz CT molecular complexity index is 1810. The quantitative estimate of drug-likeness (QED) is 0.210. The Labute approximate surface area is 302 Å². The molecule has 12 nitrogen and oxygen atoms in total. The van der Waals surface area contributed by atoms with Gasteiger partial charge in [0.05, 0.1) is 10.00 Å². The predicted octanol–water partition coefficient (Wildman–Crippen LogP) is 4.05. The summed E-state index contributed by atoms with van der Waals surface area (Å²) >= 11 is 0. The molecule has 0 spiro atoms. The van der Waals surface area contributed by atoms with Crippen LogP contribution in [-0.2, 0) is 40.0 Å². The van der Waals surface area contributed by atoms with E-state index in [0.29, 0.717) is 30.6 Å². The number of nitrogens with zero attached hydrogens (tertiary/aromatic N) is 1. The van der Waals surface area contributed by atoms with Crippen molar-refractivity contribution in [2.45, 2.75) is 93.8 Å². The zero-order valence-electron chi connectivity index (χ0n) is 29.5. The first-order chi connectivity index (χ1) is 24.0. The number of sulfonamides is 1. The van der Waals surface area contributed by atoms with E-state index in [1.165, 1.54) is 11.0 Å². The normalized spacial score (nSPS) is 25.7. The van der Waals surface area contributed by atoms with Crippen molar-refractivity contribution in [1.29, 1.82) is 0 Å². The number of hydrogen-bond acceptors (Lipinski definition) is 7. The molecule has 2 aliphatic carbocycles. The van der Waals surface area contributed by atoms with E-state index < -0.39 is 83.6 Å². The summed E-state index contributed by atoms with van der Waals surface area (Å²) in [5, 5.41) is 14.1. The van der Waals surface area contributed by atoms with Crippen molar-refractivity contribution in [2.75, 3.05) is 12.3 Å². The van der Waals surface area contributed by atoms with E-state index in [1.54, 1.807) is 20.8 Å². The van der Waals surface area contributed by atoms with Crippen LogP contribution in [0.15, 0.2) is 67.3 Å². The molecule has 4 N–H and O–H groups in total. The highest BCUT2D eigenvalue weighted by atomic mass is 32.2.